The summed E-state index contributed by atoms with van der Waals surface area (Å²) in [6, 6.07) is 11.9. The molecule has 1 amide bonds. The van der Waals surface area contributed by atoms with Gasteiger partial charge in [0.15, 0.2) is 0 Å². The second-order valence-electron chi connectivity index (χ2n) is 5.34. The summed E-state index contributed by atoms with van der Waals surface area (Å²) in [5.41, 5.74) is 2.80. The number of carbonyl (C=O) groups excluding carboxylic acids is 1. The van der Waals surface area contributed by atoms with Gasteiger partial charge in [-0.15, -0.1) is 22.7 Å². The van der Waals surface area contributed by atoms with E-state index in [1.807, 2.05) is 38.1 Å². The molecule has 1 aromatic carbocycles. The second kappa shape index (κ2) is 7.06. The zero-order chi connectivity index (χ0) is 16.2. The molecule has 2 heterocycles. The van der Waals surface area contributed by atoms with Crippen molar-refractivity contribution in [3.05, 3.63) is 62.8 Å². The van der Waals surface area contributed by atoms with Crippen LogP contribution < -0.4 is 5.32 Å². The summed E-state index contributed by atoms with van der Waals surface area (Å²) < 4.78 is 0. The molecule has 0 aliphatic rings. The Balaban J connectivity index is 1.56. The maximum atomic E-state index is 12.2. The van der Waals surface area contributed by atoms with Crippen LogP contribution in [0.4, 0.5) is 0 Å². The molecule has 3 aromatic rings. The van der Waals surface area contributed by atoms with Crippen LogP contribution in [0.15, 0.2) is 41.8 Å². The fraction of sp³-hybridized carbons (Fsp3) is 0.222. The Morgan fingerprint density at radius 2 is 2.00 bits per heavy atom. The van der Waals surface area contributed by atoms with Crippen LogP contribution in [-0.4, -0.2) is 17.4 Å². The highest BCUT2D eigenvalue weighted by Gasteiger charge is 2.09. The monoisotopic (exact) mass is 342 g/mol. The van der Waals surface area contributed by atoms with Gasteiger partial charge in [0.1, 0.15) is 0 Å². The zero-order valence-electron chi connectivity index (χ0n) is 13.1. The lowest BCUT2D eigenvalue weighted by Crippen LogP contribution is -2.26. The van der Waals surface area contributed by atoms with Crippen LogP contribution >= 0.6 is 22.7 Å². The van der Waals surface area contributed by atoms with Gasteiger partial charge in [0.25, 0.3) is 5.91 Å². The van der Waals surface area contributed by atoms with Crippen LogP contribution in [0, 0.1) is 13.8 Å². The number of hydrogen-bond donors (Lipinski definition) is 1. The number of aryl methyl sites for hydroxylation is 2. The zero-order valence-corrected chi connectivity index (χ0v) is 14.8. The largest absolute Gasteiger partial charge is 0.352 e. The molecule has 2 aromatic heterocycles. The van der Waals surface area contributed by atoms with Crippen molar-refractivity contribution in [2.75, 3.05) is 6.54 Å². The number of amides is 1. The van der Waals surface area contributed by atoms with E-state index < -0.39 is 0 Å². The maximum Gasteiger partial charge on any atom is 0.251 e. The number of thiazole rings is 1. The minimum absolute atomic E-state index is 0.00462. The molecule has 0 fully saturated rings. The van der Waals surface area contributed by atoms with E-state index in [0.717, 1.165) is 28.2 Å². The second-order valence-corrected chi connectivity index (χ2v) is 7.57. The summed E-state index contributed by atoms with van der Waals surface area (Å²) in [4.78, 5) is 19.1. The lowest BCUT2D eigenvalue weighted by Gasteiger charge is -2.06. The molecular formula is C18H18N2OS2. The summed E-state index contributed by atoms with van der Waals surface area (Å²) in [5, 5.41) is 6.17. The molecule has 118 valence electrons. The SMILES string of the molecule is Cc1nc(-c2ccc(CCNC(=O)c3ccccc3C)s2)cs1. The third-order valence-corrected chi connectivity index (χ3v) is 5.52. The molecule has 0 spiro atoms. The van der Waals surface area contributed by atoms with Gasteiger partial charge >= 0.3 is 0 Å². The Hall–Kier alpha value is -1.98. The number of carbonyl (C=O) groups is 1. The molecule has 0 saturated heterocycles. The number of benzene rings is 1. The average Bonchev–Trinajstić information content (AvgIpc) is 3.16. The Kier molecular flexibility index (Phi) is 4.88. The number of rotatable bonds is 5. The maximum absolute atomic E-state index is 12.2. The predicted octanol–water partition coefficient (Wildman–Crippen LogP) is 4.46. The van der Waals surface area contributed by atoms with Gasteiger partial charge in [-0.1, -0.05) is 18.2 Å². The van der Waals surface area contributed by atoms with Gasteiger partial charge in [-0.3, -0.25) is 4.79 Å². The van der Waals surface area contributed by atoms with Gasteiger partial charge in [0, 0.05) is 22.4 Å². The molecule has 5 heteroatoms. The van der Waals surface area contributed by atoms with Gasteiger partial charge in [-0.2, -0.15) is 0 Å². The van der Waals surface area contributed by atoms with E-state index >= 15 is 0 Å². The van der Waals surface area contributed by atoms with Crippen LogP contribution in [0.2, 0.25) is 0 Å². The summed E-state index contributed by atoms with van der Waals surface area (Å²) in [5.74, 6) is -0.00462. The highest BCUT2D eigenvalue weighted by atomic mass is 32.1. The molecule has 0 atom stereocenters. The van der Waals surface area contributed by atoms with Crippen molar-refractivity contribution in [3.63, 3.8) is 0 Å². The molecule has 0 unspecified atom stereocenters. The summed E-state index contributed by atoms with van der Waals surface area (Å²) in [6.45, 7) is 4.61. The van der Waals surface area contributed by atoms with E-state index in [-0.39, 0.29) is 5.91 Å². The van der Waals surface area contributed by atoms with Gasteiger partial charge in [-0.05, 0) is 44.0 Å². The molecule has 23 heavy (non-hydrogen) atoms. The molecule has 0 saturated carbocycles. The lowest BCUT2D eigenvalue weighted by atomic mass is 10.1. The Labute approximate surface area is 144 Å². The molecular weight excluding hydrogens is 324 g/mol. The number of hydrogen-bond acceptors (Lipinski definition) is 4. The third kappa shape index (κ3) is 3.86. The van der Waals surface area contributed by atoms with Gasteiger partial charge in [0.2, 0.25) is 0 Å². The van der Waals surface area contributed by atoms with Crippen molar-refractivity contribution in [1.29, 1.82) is 0 Å². The molecule has 0 aliphatic carbocycles. The Bertz CT molecular complexity index is 820. The van der Waals surface area contributed by atoms with Gasteiger partial charge < -0.3 is 5.32 Å². The average molecular weight is 342 g/mol. The number of aromatic nitrogens is 1. The summed E-state index contributed by atoms with van der Waals surface area (Å²) >= 11 is 3.41. The first-order valence-corrected chi connectivity index (χ1v) is 9.18. The number of nitrogens with zero attached hydrogens (tertiary/aromatic N) is 1. The molecule has 3 nitrogen and oxygen atoms in total. The van der Waals surface area contributed by atoms with Crippen LogP contribution in [0.1, 0.15) is 25.8 Å². The first-order chi connectivity index (χ1) is 11.1. The Morgan fingerprint density at radius 1 is 1.17 bits per heavy atom. The normalized spacial score (nSPS) is 10.7. The molecule has 0 bridgehead atoms. The first kappa shape index (κ1) is 15.9. The standard InChI is InChI=1S/C18H18N2OS2/c1-12-5-3-4-6-15(12)18(21)19-10-9-14-7-8-17(23-14)16-11-22-13(2)20-16/h3-8,11H,9-10H2,1-2H3,(H,19,21). The van der Waals surface area contributed by atoms with E-state index in [1.165, 1.54) is 9.75 Å². The Morgan fingerprint density at radius 3 is 2.74 bits per heavy atom. The van der Waals surface area contributed by atoms with E-state index in [1.54, 1.807) is 22.7 Å². The van der Waals surface area contributed by atoms with Crippen molar-refractivity contribution in [1.82, 2.24) is 10.3 Å². The van der Waals surface area contributed by atoms with Crippen LogP contribution in [0.3, 0.4) is 0 Å². The van der Waals surface area contributed by atoms with Gasteiger partial charge in [0.05, 0.1) is 15.6 Å². The van der Waals surface area contributed by atoms with E-state index in [0.29, 0.717) is 6.54 Å². The summed E-state index contributed by atoms with van der Waals surface area (Å²) in [6.07, 6.45) is 0.839. The predicted molar refractivity (Wildman–Crippen MR) is 97.4 cm³/mol. The van der Waals surface area contributed by atoms with E-state index in [4.69, 9.17) is 0 Å². The quantitative estimate of drug-likeness (QED) is 0.744. The topological polar surface area (TPSA) is 42.0 Å². The highest BCUT2D eigenvalue weighted by molar-refractivity contribution is 7.16. The highest BCUT2D eigenvalue weighted by Crippen LogP contribution is 2.29. The van der Waals surface area contributed by atoms with E-state index in [9.17, 15) is 4.79 Å². The van der Waals surface area contributed by atoms with Gasteiger partial charge in [-0.25, -0.2) is 4.98 Å². The smallest absolute Gasteiger partial charge is 0.251 e. The molecule has 0 aliphatic heterocycles. The fourth-order valence-corrected chi connectivity index (χ4v) is 4.00. The van der Waals surface area contributed by atoms with Crippen LogP contribution in [0.25, 0.3) is 10.6 Å². The molecule has 1 N–H and O–H groups in total. The van der Waals surface area contributed by atoms with Crippen molar-refractivity contribution < 1.29 is 4.79 Å². The minimum atomic E-state index is -0.00462. The van der Waals surface area contributed by atoms with Crippen molar-refractivity contribution in [2.45, 2.75) is 20.3 Å². The van der Waals surface area contributed by atoms with Crippen LogP contribution in [0.5, 0.6) is 0 Å². The summed E-state index contributed by atoms with van der Waals surface area (Å²) in [7, 11) is 0. The first-order valence-electron chi connectivity index (χ1n) is 7.48. The fourth-order valence-electron chi connectivity index (χ4n) is 2.35. The third-order valence-electron chi connectivity index (χ3n) is 3.58. The lowest BCUT2D eigenvalue weighted by molar-refractivity contribution is 0.0953. The molecule has 3 rings (SSSR count). The van der Waals surface area contributed by atoms with Crippen molar-refractivity contribution in [3.8, 4) is 10.6 Å². The minimum Gasteiger partial charge on any atom is -0.352 e. The number of thiophene rings is 1. The molecule has 0 radical (unpaired) electrons. The van der Waals surface area contributed by atoms with Crippen molar-refractivity contribution >= 4 is 28.6 Å². The van der Waals surface area contributed by atoms with Crippen molar-refractivity contribution in [2.24, 2.45) is 0 Å². The number of nitrogens with one attached hydrogen (secondary N) is 1. The van der Waals surface area contributed by atoms with E-state index in [2.05, 4.69) is 27.8 Å². The van der Waals surface area contributed by atoms with Crippen LogP contribution in [-0.2, 0) is 6.42 Å².